The number of amides is 1. The van der Waals surface area contributed by atoms with Crippen molar-refractivity contribution < 1.29 is 14.7 Å². The van der Waals surface area contributed by atoms with E-state index in [4.69, 9.17) is 0 Å². The lowest BCUT2D eigenvalue weighted by molar-refractivity contribution is -0.144. The molecule has 5 nitrogen and oxygen atoms in total. The number of carbonyl (C=O) groups is 2. The van der Waals surface area contributed by atoms with Crippen LogP contribution in [0.5, 0.6) is 0 Å². The van der Waals surface area contributed by atoms with Gasteiger partial charge in [0.1, 0.15) is 0 Å². The van der Waals surface area contributed by atoms with Crippen LogP contribution in [-0.4, -0.2) is 48.1 Å². The van der Waals surface area contributed by atoms with Gasteiger partial charge in [0.2, 0.25) is 5.91 Å². The topological polar surface area (TPSA) is 69.6 Å². The lowest BCUT2D eigenvalue weighted by Crippen LogP contribution is -2.48. The highest BCUT2D eigenvalue weighted by molar-refractivity contribution is 5.81. The molecule has 2 aliphatic carbocycles. The molecule has 0 aromatic carbocycles. The quantitative estimate of drug-likeness (QED) is 0.783. The van der Waals surface area contributed by atoms with E-state index in [-0.39, 0.29) is 29.7 Å². The van der Waals surface area contributed by atoms with Crippen LogP contribution in [0.3, 0.4) is 0 Å². The van der Waals surface area contributed by atoms with Crippen LogP contribution in [0.4, 0.5) is 0 Å². The van der Waals surface area contributed by atoms with Crippen molar-refractivity contribution in [2.24, 2.45) is 23.7 Å². The zero-order valence-corrected chi connectivity index (χ0v) is 11.3. The van der Waals surface area contributed by atoms with Gasteiger partial charge in [0.05, 0.1) is 11.8 Å². The minimum absolute atomic E-state index is 0.0403. The Hall–Kier alpha value is -1.10. The van der Waals surface area contributed by atoms with Crippen molar-refractivity contribution in [3.63, 3.8) is 0 Å². The van der Waals surface area contributed by atoms with Crippen molar-refractivity contribution in [1.29, 1.82) is 0 Å². The molecule has 0 spiro atoms. The van der Waals surface area contributed by atoms with Crippen LogP contribution in [-0.2, 0) is 9.59 Å². The van der Waals surface area contributed by atoms with Gasteiger partial charge in [-0.25, -0.2) is 0 Å². The Morgan fingerprint density at radius 3 is 2.58 bits per heavy atom. The molecule has 0 aromatic heterocycles. The standard InChI is InChI=1S/C14H22N2O3/c1-16-5-4-10(7-16)13(17)15-12-9-3-2-8(6-9)11(12)14(18)19/h8-12H,2-7H2,1H3,(H,15,17)(H,18,19). The number of likely N-dealkylation sites (tertiary alicyclic amines) is 1. The lowest BCUT2D eigenvalue weighted by Gasteiger charge is -2.29. The van der Waals surface area contributed by atoms with Crippen molar-refractivity contribution in [2.75, 3.05) is 20.1 Å². The maximum Gasteiger partial charge on any atom is 0.308 e. The van der Waals surface area contributed by atoms with Gasteiger partial charge < -0.3 is 15.3 Å². The summed E-state index contributed by atoms with van der Waals surface area (Å²) in [5.74, 6) is -0.331. The molecule has 0 radical (unpaired) electrons. The maximum absolute atomic E-state index is 12.3. The van der Waals surface area contributed by atoms with Gasteiger partial charge in [-0.2, -0.15) is 0 Å². The van der Waals surface area contributed by atoms with Crippen LogP contribution in [0, 0.1) is 23.7 Å². The van der Waals surface area contributed by atoms with Crippen molar-refractivity contribution in [3.05, 3.63) is 0 Å². The monoisotopic (exact) mass is 266 g/mol. The van der Waals surface area contributed by atoms with E-state index in [0.717, 1.165) is 38.8 Å². The zero-order chi connectivity index (χ0) is 13.6. The average molecular weight is 266 g/mol. The molecule has 1 saturated heterocycles. The molecule has 5 heteroatoms. The Morgan fingerprint density at radius 1 is 1.21 bits per heavy atom. The average Bonchev–Trinajstić information content (AvgIpc) is 3.03. The van der Waals surface area contributed by atoms with Crippen LogP contribution in [0.2, 0.25) is 0 Å². The number of aliphatic carboxylic acids is 1. The number of carbonyl (C=O) groups excluding carboxylic acids is 1. The second-order valence-corrected chi connectivity index (χ2v) is 6.48. The lowest BCUT2D eigenvalue weighted by atomic mass is 9.84. The summed E-state index contributed by atoms with van der Waals surface area (Å²) in [6.07, 6.45) is 3.96. The Morgan fingerprint density at radius 2 is 1.95 bits per heavy atom. The first-order valence-electron chi connectivity index (χ1n) is 7.28. The van der Waals surface area contributed by atoms with Crippen molar-refractivity contribution in [2.45, 2.75) is 31.7 Å². The molecule has 1 aliphatic heterocycles. The molecule has 2 bridgehead atoms. The van der Waals surface area contributed by atoms with Gasteiger partial charge in [0, 0.05) is 12.6 Å². The molecule has 1 amide bonds. The summed E-state index contributed by atoms with van der Waals surface area (Å²) in [6, 6.07) is -0.130. The van der Waals surface area contributed by atoms with E-state index in [1.807, 2.05) is 7.05 Å². The fourth-order valence-corrected chi connectivity index (χ4v) is 4.29. The highest BCUT2D eigenvalue weighted by atomic mass is 16.4. The molecule has 0 aromatic rings. The number of carboxylic acids is 1. The van der Waals surface area contributed by atoms with E-state index in [0.29, 0.717) is 5.92 Å². The Balaban J connectivity index is 1.65. The number of nitrogens with one attached hydrogen (secondary N) is 1. The first kappa shape index (κ1) is 12.9. The third-order valence-corrected chi connectivity index (χ3v) is 5.27. The molecular weight excluding hydrogens is 244 g/mol. The van der Waals surface area contributed by atoms with E-state index in [9.17, 15) is 14.7 Å². The van der Waals surface area contributed by atoms with Gasteiger partial charge in [-0.3, -0.25) is 9.59 Å². The van der Waals surface area contributed by atoms with Crippen molar-refractivity contribution >= 4 is 11.9 Å². The number of rotatable bonds is 3. The van der Waals surface area contributed by atoms with Crippen LogP contribution < -0.4 is 5.32 Å². The number of hydrogen-bond acceptors (Lipinski definition) is 3. The normalized spacial score (nSPS) is 41.6. The Kier molecular flexibility index (Phi) is 3.25. The highest BCUT2D eigenvalue weighted by Gasteiger charge is 2.51. The number of nitrogens with zero attached hydrogens (tertiary/aromatic N) is 1. The summed E-state index contributed by atoms with van der Waals surface area (Å²) in [4.78, 5) is 25.8. The molecule has 3 rings (SSSR count). The molecule has 106 valence electrons. The predicted molar refractivity (Wildman–Crippen MR) is 69.5 cm³/mol. The van der Waals surface area contributed by atoms with Gasteiger partial charge in [-0.1, -0.05) is 0 Å². The molecule has 1 heterocycles. The molecule has 3 aliphatic rings. The summed E-state index contributed by atoms with van der Waals surface area (Å²) >= 11 is 0. The molecule has 19 heavy (non-hydrogen) atoms. The smallest absolute Gasteiger partial charge is 0.308 e. The minimum Gasteiger partial charge on any atom is -0.481 e. The van der Waals surface area contributed by atoms with Crippen LogP contribution in [0.25, 0.3) is 0 Å². The number of hydrogen-bond donors (Lipinski definition) is 2. The van der Waals surface area contributed by atoms with Gasteiger partial charge in [-0.15, -0.1) is 0 Å². The molecular formula is C14H22N2O3. The number of carboxylic acid groups (broad SMARTS) is 1. The Labute approximate surface area is 113 Å². The first-order valence-corrected chi connectivity index (χ1v) is 7.28. The second kappa shape index (κ2) is 4.78. The summed E-state index contributed by atoms with van der Waals surface area (Å²) in [6.45, 7) is 1.75. The molecule has 2 saturated carbocycles. The Bertz CT molecular complexity index is 398. The van der Waals surface area contributed by atoms with Gasteiger partial charge in [0.15, 0.2) is 0 Å². The second-order valence-electron chi connectivity index (χ2n) is 6.48. The van der Waals surface area contributed by atoms with E-state index >= 15 is 0 Å². The molecule has 3 fully saturated rings. The van der Waals surface area contributed by atoms with E-state index in [1.165, 1.54) is 0 Å². The summed E-state index contributed by atoms with van der Waals surface area (Å²) < 4.78 is 0. The summed E-state index contributed by atoms with van der Waals surface area (Å²) in [5.41, 5.74) is 0. The third kappa shape index (κ3) is 2.24. The molecule has 2 N–H and O–H groups in total. The maximum atomic E-state index is 12.3. The van der Waals surface area contributed by atoms with Crippen LogP contribution >= 0.6 is 0 Å². The van der Waals surface area contributed by atoms with E-state index in [1.54, 1.807) is 0 Å². The minimum atomic E-state index is -0.735. The van der Waals surface area contributed by atoms with Crippen LogP contribution in [0.15, 0.2) is 0 Å². The largest absolute Gasteiger partial charge is 0.481 e. The van der Waals surface area contributed by atoms with E-state index < -0.39 is 5.97 Å². The number of fused-ring (bicyclic) bond motifs is 2. The molecule has 5 unspecified atom stereocenters. The fourth-order valence-electron chi connectivity index (χ4n) is 4.29. The van der Waals surface area contributed by atoms with Crippen molar-refractivity contribution in [1.82, 2.24) is 10.2 Å². The van der Waals surface area contributed by atoms with Gasteiger partial charge in [0.25, 0.3) is 0 Å². The third-order valence-electron chi connectivity index (χ3n) is 5.27. The van der Waals surface area contributed by atoms with E-state index in [2.05, 4.69) is 10.2 Å². The highest BCUT2D eigenvalue weighted by Crippen LogP contribution is 2.48. The summed E-state index contributed by atoms with van der Waals surface area (Å²) in [7, 11) is 2.02. The first-order chi connectivity index (χ1) is 9.06. The zero-order valence-electron chi connectivity index (χ0n) is 11.3. The summed E-state index contributed by atoms with van der Waals surface area (Å²) in [5, 5.41) is 12.4. The predicted octanol–water partition coefficient (Wildman–Crippen LogP) is 0.554. The SMILES string of the molecule is CN1CCC(C(=O)NC2C3CCC(C3)C2C(=O)O)C1. The van der Waals surface area contributed by atoms with Gasteiger partial charge >= 0.3 is 5.97 Å². The van der Waals surface area contributed by atoms with Gasteiger partial charge in [-0.05, 0) is 51.1 Å². The fraction of sp³-hybridized carbons (Fsp3) is 0.857. The van der Waals surface area contributed by atoms with Crippen LogP contribution in [0.1, 0.15) is 25.7 Å². The molecule has 5 atom stereocenters. The van der Waals surface area contributed by atoms with Crippen molar-refractivity contribution in [3.8, 4) is 0 Å².